The van der Waals surface area contributed by atoms with Gasteiger partial charge in [0.1, 0.15) is 5.69 Å². The van der Waals surface area contributed by atoms with E-state index in [9.17, 15) is 9.59 Å². The van der Waals surface area contributed by atoms with Crippen molar-refractivity contribution in [1.29, 1.82) is 0 Å². The van der Waals surface area contributed by atoms with Crippen molar-refractivity contribution in [2.24, 2.45) is 0 Å². The normalized spacial score (nSPS) is 21.6. The van der Waals surface area contributed by atoms with Crippen molar-refractivity contribution in [3.05, 3.63) is 50.6 Å². The molecule has 3 N–H and O–H groups in total. The van der Waals surface area contributed by atoms with Crippen LogP contribution in [0.5, 0.6) is 0 Å². The number of nitrogens with zero attached hydrogens (tertiary/aromatic N) is 2. The van der Waals surface area contributed by atoms with Crippen LogP contribution in [0.2, 0.25) is 5.02 Å². The number of rotatable bonds is 7. The van der Waals surface area contributed by atoms with Gasteiger partial charge in [0.2, 0.25) is 0 Å². The molecule has 1 aliphatic carbocycles. The summed E-state index contributed by atoms with van der Waals surface area (Å²) in [7, 11) is 1.62. The molecule has 200 valence electrons. The number of hydrogen-bond acceptors (Lipinski definition) is 6. The smallest absolute Gasteiger partial charge is 0.280 e. The lowest BCUT2D eigenvalue weighted by molar-refractivity contribution is 0.0654. The number of carbonyl (C=O) groups excluding carboxylic acids is 2. The number of aromatic amines is 1. The van der Waals surface area contributed by atoms with Crippen LogP contribution in [-0.4, -0.2) is 64.6 Å². The number of hydrogen-bond donors (Lipinski definition) is 3. The van der Waals surface area contributed by atoms with Crippen LogP contribution in [0.1, 0.15) is 64.0 Å². The lowest BCUT2D eigenvalue weighted by Crippen LogP contribution is -2.62. The first-order chi connectivity index (χ1) is 17.3. The van der Waals surface area contributed by atoms with Gasteiger partial charge in [-0.25, -0.2) is 4.98 Å². The number of fused-ring (bicyclic) bond motifs is 2. The second-order valence-corrected chi connectivity index (χ2v) is 11.6. The van der Waals surface area contributed by atoms with Gasteiger partial charge in [-0.1, -0.05) is 11.6 Å². The number of methoxy groups -OCH3 is 1. The molecule has 3 heterocycles. The van der Waals surface area contributed by atoms with Gasteiger partial charge in [0.05, 0.1) is 23.9 Å². The Morgan fingerprint density at radius 3 is 2.89 bits per heavy atom. The summed E-state index contributed by atoms with van der Waals surface area (Å²) in [5, 5.41) is 8.34. The number of ether oxygens (including phenoxy) is 1. The fourth-order valence-electron chi connectivity index (χ4n) is 5.39. The predicted molar refractivity (Wildman–Crippen MR) is 149 cm³/mol. The first-order valence-electron chi connectivity index (χ1n) is 12.4. The van der Waals surface area contributed by atoms with E-state index in [0.717, 1.165) is 48.9 Å². The summed E-state index contributed by atoms with van der Waals surface area (Å²) in [5.74, 6) is -0.425. The average Bonchev–Trinajstić information content (AvgIpc) is 3.55. The number of benzene rings is 1. The fraction of sp³-hybridized carbons (Fsp3) is 0.500. The Balaban J connectivity index is 0.00000320. The zero-order valence-corrected chi connectivity index (χ0v) is 23.6. The van der Waals surface area contributed by atoms with Crippen molar-refractivity contribution in [3.63, 3.8) is 0 Å². The predicted octanol–water partition coefficient (Wildman–Crippen LogP) is 4.56. The summed E-state index contributed by atoms with van der Waals surface area (Å²) in [5.41, 5.74) is 1.61. The van der Waals surface area contributed by atoms with Crippen LogP contribution in [0.4, 0.5) is 0 Å². The quantitative estimate of drug-likeness (QED) is 0.390. The topological polar surface area (TPSA) is 99.3 Å². The lowest BCUT2D eigenvalue weighted by Gasteiger charge is -2.36. The van der Waals surface area contributed by atoms with E-state index >= 15 is 0 Å². The maximum absolute atomic E-state index is 13.3. The van der Waals surface area contributed by atoms with Gasteiger partial charge in [0, 0.05) is 53.5 Å². The molecule has 8 nitrogen and oxygen atoms in total. The molecule has 2 atom stereocenters. The van der Waals surface area contributed by atoms with Crippen molar-refractivity contribution in [3.8, 4) is 0 Å². The first-order valence-corrected chi connectivity index (χ1v) is 13.6. The second kappa shape index (κ2) is 11.3. The van der Waals surface area contributed by atoms with Crippen LogP contribution >= 0.6 is 35.3 Å². The van der Waals surface area contributed by atoms with Gasteiger partial charge in [-0.3, -0.25) is 14.5 Å². The molecule has 1 aliphatic heterocycles. The Morgan fingerprint density at radius 1 is 1.32 bits per heavy atom. The number of nitrogens with one attached hydrogen (secondary N) is 3. The molecular formula is C26H33Cl2N5O3S. The number of halogens is 2. The van der Waals surface area contributed by atoms with Crippen LogP contribution in [-0.2, 0) is 17.7 Å². The minimum absolute atomic E-state index is 0. The highest BCUT2D eigenvalue weighted by Crippen LogP contribution is 2.33. The van der Waals surface area contributed by atoms with Crippen molar-refractivity contribution in [1.82, 2.24) is 25.5 Å². The van der Waals surface area contributed by atoms with E-state index in [1.165, 1.54) is 16.2 Å². The van der Waals surface area contributed by atoms with Gasteiger partial charge in [-0.2, -0.15) is 0 Å². The molecule has 1 aromatic carbocycles. The van der Waals surface area contributed by atoms with Crippen LogP contribution in [0, 0.1) is 0 Å². The van der Waals surface area contributed by atoms with E-state index in [1.54, 1.807) is 19.2 Å². The third kappa shape index (κ3) is 5.66. The molecule has 0 radical (unpaired) electrons. The molecule has 37 heavy (non-hydrogen) atoms. The van der Waals surface area contributed by atoms with Crippen molar-refractivity contribution >= 4 is 58.1 Å². The SMILES string of the molecule is COCC1(NC(=O)c2cc3cc(Cl)ccc3[nH]2)CCCC1NC(=O)c1nc2c(s1)CN(C(C)C)CC2.Cl. The van der Waals surface area contributed by atoms with E-state index in [1.807, 2.05) is 12.1 Å². The summed E-state index contributed by atoms with van der Waals surface area (Å²) in [6.07, 6.45) is 3.19. The molecule has 2 aliphatic rings. The highest BCUT2D eigenvalue weighted by Gasteiger charge is 2.45. The summed E-state index contributed by atoms with van der Waals surface area (Å²) in [6.45, 7) is 6.47. The number of amides is 2. The summed E-state index contributed by atoms with van der Waals surface area (Å²) in [6, 6.07) is 7.45. The number of carbonyl (C=O) groups is 2. The van der Waals surface area contributed by atoms with Gasteiger partial charge in [-0.15, -0.1) is 23.7 Å². The van der Waals surface area contributed by atoms with Gasteiger partial charge in [0.15, 0.2) is 5.01 Å². The Hall–Kier alpha value is -2.17. The minimum Gasteiger partial charge on any atom is -0.382 e. The third-order valence-electron chi connectivity index (χ3n) is 7.37. The summed E-state index contributed by atoms with van der Waals surface area (Å²) < 4.78 is 5.55. The highest BCUT2D eigenvalue weighted by molar-refractivity contribution is 7.13. The Kier molecular flexibility index (Phi) is 8.50. The van der Waals surface area contributed by atoms with E-state index in [0.29, 0.717) is 34.8 Å². The molecule has 2 unspecified atom stereocenters. The van der Waals surface area contributed by atoms with E-state index in [-0.39, 0.29) is 30.3 Å². The lowest BCUT2D eigenvalue weighted by atomic mass is 9.93. The largest absolute Gasteiger partial charge is 0.382 e. The van der Waals surface area contributed by atoms with Crippen molar-refractivity contribution in [2.75, 3.05) is 20.3 Å². The molecule has 11 heteroatoms. The van der Waals surface area contributed by atoms with E-state index in [2.05, 4.69) is 39.3 Å². The molecule has 2 amide bonds. The molecule has 2 aromatic heterocycles. The Morgan fingerprint density at radius 2 is 2.14 bits per heavy atom. The Labute approximate surface area is 231 Å². The zero-order valence-electron chi connectivity index (χ0n) is 21.2. The van der Waals surface area contributed by atoms with Crippen LogP contribution in [0.3, 0.4) is 0 Å². The van der Waals surface area contributed by atoms with E-state index in [4.69, 9.17) is 16.3 Å². The molecule has 1 saturated carbocycles. The number of aromatic nitrogens is 2. The highest BCUT2D eigenvalue weighted by atomic mass is 35.5. The standard InChI is InChI=1S/C26H32ClN5O3S.ClH/c1-15(2)32-10-8-19-21(13-32)36-25(29-19)24(34)30-22-5-4-9-26(22,14-35-3)31-23(33)20-12-16-11-17(27)6-7-18(16)28-20;/h6-7,11-12,15,22,28H,4-5,8-10,13-14H2,1-3H3,(H,30,34)(H,31,33);1H. The second-order valence-electron chi connectivity index (χ2n) is 10.1. The number of H-pyrrole nitrogens is 1. The summed E-state index contributed by atoms with van der Waals surface area (Å²) >= 11 is 7.58. The zero-order chi connectivity index (χ0) is 25.4. The van der Waals surface area contributed by atoms with Crippen molar-refractivity contribution in [2.45, 2.75) is 63.7 Å². The maximum Gasteiger partial charge on any atom is 0.280 e. The first kappa shape index (κ1) is 27.9. The molecule has 1 fully saturated rings. The molecule has 5 rings (SSSR count). The maximum atomic E-state index is 13.3. The van der Waals surface area contributed by atoms with Gasteiger partial charge in [0.25, 0.3) is 11.8 Å². The van der Waals surface area contributed by atoms with Crippen LogP contribution in [0.25, 0.3) is 10.9 Å². The monoisotopic (exact) mass is 565 g/mol. The van der Waals surface area contributed by atoms with Gasteiger partial charge < -0.3 is 20.4 Å². The Bertz CT molecular complexity index is 1290. The van der Waals surface area contributed by atoms with Crippen molar-refractivity contribution < 1.29 is 14.3 Å². The fourth-order valence-corrected chi connectivity index (χ4v) is 6.61. The molecule has 3 aromatic rings. The van der Waals surface area contributed by atoms with Gasteiger partial charge >= 0.3 is 0 Å². The van der Waals surface area contributed by atoms with E-state index < -0.39 is 5.54 Å². The number of thiazole rings is 1. The molecule has 0 bridgehead atoms. The molecular weight excluding hydrogens is 533 g/mol. The van der Waals surface area contributed by atoms with Gasteiger partial charge in [-0.05, 0) is 57.4 Å². The minimum atomic E-state index is -0.707. The average molecular weight is 567 g/mol. The molecule has 0 saturated heterocycles. The molecule has 0 spiro atoms. The third-order valence-corrected chi connectivity index (χ3v) is 8.68. The van der Waals surface area contributed by atoms with Crippen LogP contribution in [0.15, 0.2) is 24.3 Å². The summed E-state index contributed by atoms with van der Waals surface area (Å²) in [4.78, 5) is 38.0. The van der Waals surface area contributed by atoms with Crippen LogP contribution < -0.4 is 10.6 Å².